The maximum atomic E-state index is 5.29. The molecule has 3 heteroatoms. The number of anilines is 1. The number of terminal acetylenes is 1. The Labute approximate surface area is 53.3 Å². The van der Waals surface area contributed by atoms with Crippen molar-refractivity contribution in [2.24, 2.45) is 0 Å². The summed E-state index contributed by atoms with van der Waals surface area (Å²) in [5.41, 5.74) is 6.73. The van der Waals surface area contributed by atoms with Gasteiger partial charge in [-0.25, -0.2) is 4.98 Å². The number of H-pyrrole nitrogens is 1. The van der Waals surface area contributed by atoms with Crippen molar-refractivity contribution in [1.29, 1.82) is 0 Å². The van der Waals surface area contributed by atoms with Gasteiger partial charge in [-0.15, -0.1) is 6.42 Å². The molecule has 3 N–H and O–H groups in total. The standard InChI is InChI=1S/C6H7N3/c1-3-5-4(2)8-6(7)9-5/h1H,2H3,(H3,7,8,9). The van der Waals surface area contributed by atoms with Gasteiger partial charge in [-0.05, 0) is 12.8 Å². The van der Waals surface area contributed by atoms with Crippen molar-refractivity contribution < 1.29 is 0 Å². The minimum atomic E-state index is 0.375. The molecule has 1 aromatic rings. The smallest absolute Gasteiger partial charge is 0.198 e. The van der Waals surface area contributed by atoms with E-state index >= 15 is 0 Å². The summed E-state index contributed by atoms with van der Waals surface area (Å²) >= 11 is 0. The van der Waals surface area contributed by atoms with Crippen molar-refractivity contribution in [3.63, 3.8) is 0 Å². The Balaban J connectivity index is 3.20. The molecule has 1 heterocycles. The van der Waals surface area contributed by atoms with Crippen molar-refractivity contribution in [2.75, 3.05) is 5.73 Å². The molecule has 0 radical (unpaired) electrons. The van der Waals surface area contributed by atoms with E-state index in [1.165, 1.54) is 0 Å². The maximum absolute atomic E-state index is 5.29. The molecule has 1 rings (SSSR count). The predicted molar refractivity (Wildman–Crippen MR) is 35.7 cm³/mol. The average Bonchev–Trinajstić information content (AvgIpc) is 2.10. The van der Waals surface area contributed by atoms with E-state index in [2.05, 4.69) is 15.9 Å². The fourth-order valence-corrected chi connectivity index (χ4v) is 0.624. The number of hydrogen-bond donors (Lipinski definition) is 2. The first kappa shape index (κ1) is 5.70. The number of nitrogens with zero attached hydrogens (tertiary/aromatic N) is 1. The summed E-state index contributed by atoms with van der Waals surface area (Å²) in [5.74, 6) is 2.77. The van der Waals surface area contributed by atoms with Crippen LogP contribution in [0.2, 0.25) is 0 Å². The van der Waals surface area contributed by atoms with Gasteiger partial charge in [-0.3, -0.25) is 0 Å². The lowest BCUT2D eigenvalue weighted by atomic mass is 10.4. The van der Waals surface area contributed by atoms with Crippen LogP contribution in [0.25, 0.3) is 0 Å². The predicted octanol–water partition coefficient (Wildman–Crippen LogP) is 0.282. The molecule has 0 bridgehead atoms. The SMILES string of the molecule is C#Cc1nc(N)[nH]c1C. The van der Waals surface area contributed by atoms with E-state index in [0.29, 0.717) is 11.6 Å². The Morgan fingerprint density at radius 1 is 1.78 bits per heavy atom. The van der Waals surface area contributed by atoms with E-state index in [9.17, 15) is 0 Å². The van der Waals surface area contributed by atoms with Crippen molar-refractivity contribution in [2.45, 2.75) is 6.92 Å². The molecule has 0 amide bonds. The molecule has 3 nitrogen and oxygen atoms in total. The number of rotatable bonds is 0. The molecule has 0 fully saturated rings. The first-order valence-electron chi connectivity index (χ1n) is 2.52. The van der Waals surface area contributed by atoms with Crippen molar-refractivity contribution >= 4 is 5.95 Å². The minimum Gasteiger partial charge on any atom is -0.369 e. The van der Waals surface area contributed by atoms with Crippen LogP contribution >= 0.6 is 0 Å². The number of nitrogen functional groups attached to an aromatic ring is 1. The van der Waals surface area contributed by atoms with Crippen LogP contribution in [0.4, 0.5) is 5.95 Å². The Hall–Kier alpha value is -1.43. The van der Waals surface area contributed by atoms with E-state index in [-0.39, 0.29) is 0 Å². The number of imidazole rings is 1. The van der Waals surface area contributed by atoms with Crippen molar-refractivity contribution in [1.82, 2.24) is 9.97 Å². The van der Waals surface area contributed by atoms with Gasteiger partial charge in [0, 0.05) is 5.69 Å². The molecule has 46 valence electrons. The van der Waals surface area contributed by atoms with E-state index < -0.39 is 0 Å². The van der Waals surface area contributed by atoms with Gasteiger partial charge < -0.3 is 10.7 Å². The van der Waals surface area contributed by atoms with Crippen molar-refractivity contribution in [3.05, 3.63) is 11.4 Å². The second-order valence-electron chi connectivity index (χ2n) is 1.74. The zero-order valence-electron chi connectivity index (χ0n) is 5.10. The first-order valence-corrected chi connectivity index (χ1v) is 2.52. The highest BCUT2D eigenvalue weighted by Crippen LogP contribution is 2.02. The van der Waals surface area contributed by atoms with Crippen molar-refractivity contribution in [3.8, 4) is 12.3 Å². The lowest BCUT2D eigenvalue weighted by molar-refractivity contribution is 1.26. The highest BCUT2D eigenvalue weighted by atomic mass is 15.0. The normalized spacial score (nSPS) is 8.89. The van der Waals surface area contributed by atoms with Crippen LogP contribution in [0.1, 0.15) is 11.4 Å². The van der Waals surface area contributed by atoms with E-state index in [1.807, 2.05) is 6.92 Å². The maximum Gasteiger partial charge on any atom is 0.198 e. The summed E-state index contributed by atoms with van der Waals surface area (Å²) in [6.07, 6.45) is 5.08. The van der Waals surface area contributed by atoms with Gasteiger partial charge in [0.1, 0.15) is 5.69 Å². The molecule has 0 spiro atoms. The van der Waals surface area contributed by atoms with Gasteiger partial charge >= 0.3 is 0 Å². The number of hydrogen-bond acceptors (Lipinski definition) is 2. The first-order chi connectivity index (χ1) is 4.24. The third-order valence-electron chi connectivity index (χ3n) is 1.04. The molecule has 0 aliphatic rings. The Kier molecular flexibility index (Phi) is 1.16. The Morgan fingerprint density at radius 2 is 2.44 bits per heavy atom. The van der Waals surface area contributed by atoms with Crippen LogP contribution in [0.5, 0.6) is 0 Å². The van der Waals surface area contributed by atoms with Gasteiger partial charge in [0.2, 0.25) is 0 Å². The molecular formula is C6H7N3. The second-order valence-corrected chi connectivity index (χ2v) is 1.74. The summed E-state index contributed by atoms with van der Waals surface area (Å²) in [5, 5.41) is 0. The summed E-state index contributed by atoms with van der Waals surface area (Å²) in [7, 11) is 0. The van der Waals surface area contributed by atoms with Gasteiger partial charge in [-0.2, -0.15) is 0 Å². The zero-order valence-corrected chi connectivity index (χ0v) is 5.10. The fraction of sp³-hybridized carbons (Fsp3) is 0.167. The largest absolute Gasteiger partial charge is 0.369 e. The number of nitrogens with one attached hydrogen (secondary N) is 1. The van der Waals surface area contributed by atoms with E-state index in [1.54, 1.807) is 0 Å². The molecule has 0 unspecified atom stereocenters. The molecule has 0 saturated carbocycles. The quantitative estimate of drug-likeness (QED) is 0.484. The number of aryl methyl sites for hydroxylation is 1. The molecule has 0 aromatic carbocycles. The second kappa shape index (κ2) is 1.82. The van der Waals surface area contributed by atoms with Crippen LogP contribution in [-0.4, -0.2) is 9.97 Å². The zero-order chi connectivity index (χ0) is 6.85. The minimum absolute atomic E-state index is 0.375. The molecule has 1 aromatic heterocycles. The van der Waals surface area contributed by atoms with Gasteiger partial charge in [0.25, 0.3) is 0 Å². The summed E-state index contributed by atoms with van der Waals surface area (Å²) < 4.78 is 0. The van der Waals surface area contributed by atoms with Crippen LogP contribution in [-0.2, 0) is 0 Å². The third kappa shape index (κ3) is 0.868. The fourth-order valence-electron chi connectivity index (χ4n) is 0.624. The van der Waals surface area contributed by atoms with Gasteiger partial charge in [0.15, 0.2) is 5.95 Å². The van der Waals surface area contributed by atoms with E-state index in [0.717, 1.165) is 5.69 Å². The highest BCUT2D eigenvalue weighted by Gasteiger charge is 1.97. The molecule has 0 saturated heterocycles. The van der Waals surface area contributed by atoms with E-state index in [4.69, 9.17) is 12.2 Å². The topological polar surface area (TPSA) is 54.7 Å². The Morgan fingerprint density at radius 3 is 2.67 bits per heavy atom. The van der Waals surface area contributed by atoms with Crippen LogP contribution < -0.4 is 5.73 Å². The summed E-state index contributed by atoms with van der Waals surface area (Å²) in [6, 6.07) is 0. The number of nitrogens with two attached hydrogens (primary N) is 1. The number of aromatic amines is 1. The third-order valence-corrected chi connectivity index (χ3v) is 1.04. The summed E-state index contributed by atoms with van der Waals surface area (Å²) in [4.78, 5) is 6.60. The molecule has 0 aliphatic carbocycles. The molecule has 0 atom stereocenters. The van der Waals surface area contributed by atoms with Gasteiger partial charge in [-0.1, -0.05) is 0 Å². The molecular weight excluding hydrogens is 114 g/mol. The molecule has 0 aliphatic heterocycles. The van der Waals surface area contributed by atoms with Crippen LogP contribution in [0, 0.1) is 19.3 Å². The van der Waals surface area contributed by atoms with Crippen LogP contribution in [0.3, 0.4) is 0 Å². The lowest BCUT2D eigenvalue weighted by Gasteiger charge is -1.78. The summed E-state index contributed by atoms with van der Waals surface area (Å²) in [6.45, 7) is 1.83. The lowest BCUT2D eigenvalue weighted by Crippen LogP contribution is -1.85. The average molecular weight is 121 g/mol. The molecule has 9 heavy (non-hydrogen) atoms. The van der Waals surface area contributed by atoms with Gasteiger partial charge in [0.05, 0.1) is 0 Å². The Bertz CT molecular complexity index is 254. The monoisotopic (exact) mass is 121 g/mol. The van der Waals surface area contributed by atoms with Crippen LogP contribution in [0.15, 0.2) is 0 Å². The highest BCUT2D eigenvalue weighted by molar-refractivity contribution is 5.35. The number of aromatic nitrogens is 2.